The molecule has 0 amide bonds. The minimum atomic E-state index is 0.155. The zero-order chi connectivity index (χ0) is 27.8. The van der Waals surface area contributed by atoms with Gasteiger partial charge in [-0.1, -0.05) is 104 Å². The molecule has 1 aliphatic rings. The molecule has 3 nitrogen and oxygen atoms in total. The number of benzene rings is 1. The Balaban J connectivity index is 0.00000127. The van der Waals surface area contributed by atoms with Gasteiger partial charge < -0.3 is 10.2 Å². The summed E-state index contributed by atoms with van der Waals surface area (Å²) in [5.74, 6) is 1.01. The first kappa shape index (κ1) is 32.5. The van der Waals surface area contributed by atoms with Crippen molar-refractivity contribution < 1.29 is 0 Å². The number of pyridine rings is 1. The lowest BCUT2D eigenvalue weighted by atomic mass is 9.94. The third kappa shape index (κ3) is 10.8. The van der Waals surface area contributed by atoms with Gasteiger partial charge in [-0.2, -0.15) is 0 Å². The van der Waals surface area contributed by atoms with Gasteiger partial charge in [-0.3, -0.25) is 0 Å². The van der Waals surface area contributed by atoms with E-state index in [1.165, 1.54) is 60.9 Å². The van der Waals surface area contributed by atoms with Gasteiger partial charge in [0, 0.05) is 29.2 Å². The molecule has 206 valence electrons. The van der Waals surface area contributed by atoms with Gasteiger partial charge in [-0.15, -0.1) is 6.58 Å². The van der Waals surface area contributed by atoms with Crippen LogP contribution in [0.25, 0.3) is 10.9 Å². The lowest BCUT2D eigenvalue weighted by Crippen LogP contribution is -2.33. The maximum Gasteiger partial charge on any atom is 0.132 e. The van der Waals surface area contributed by atoms with E-state index in [0.717, 1.165) is 30.7 Å². The first-order chi connectivity index (χ1) is 17.7. The van der Waals surface area contributed by atoms with E-state index in [2.05, 4.69) is 94.4 Å². The molecule has 0 aliphatic heterocycles. The Morgan fingerprint density at radius 1 is 1.16 bits per heavy atom. The van der Waals surface area contributed by atoms with E-state index in [4.69, 9.17) is 4.98 Å². The van der Waals surface area contributed by atoms with E-state index < -0.39 is 0 Å². The molecule has 0 fully saturated rings. The topological polar surface area (TPSA) is 28.2 Å². The highest BCUT2D eigenvalue weighted by atomic mass is 15.2. The summed E-state index contributed by atoms with van der Waals surface area (Å²) in [6, 6.07) is 8.92. The number of aromatic nitrogens is 1. The number of fused-ring (bicyclic) bond motifs is 1. The van der Waals surface area contributed by atoms with Gasteiger partial charge in [-0.05, 0) is 57.4 Å². The van der Waals surface area contributed by atoms with Gasteiger partial charge in [0.05, 0.1) is 11.2 Å². The summed E-state index contributed by atoms with van der Waals surface area (Å²) in [6.45, 7) is 26.1. The Bertz CT molecular complexity index is 980. The molecule has 3 heteroatoms. The molecule has 1 N–H and O–H groups in total. The van der Waals surface area contributed by atoms with Crippen molar-refractivity contribution in [2.75, 3.05) is 16.8 Å². The molecule has 1 aliphatic carbocycles. The van der Waals surface area contributed by atoms with Crippen LogP contribution in [0, 0.1) is 12.3 Å². The first-order valence-corrected chi connectivity index (χ1v) is 14.6. The molecule has 0 radical (unpaired) electrons. The van der Waals surface area contributed by atoms with Crippen LogP contribution in [-0.4, -0.2) is 17.6 Å². The van der Waals surface area contributed by atoms with Gasteiger partial charge in [-0.25, -0.2) is 4.98 Å². The SMILES string of the molecule is C=C(CCCC)N(CC(C)(C)C)c1c(C)c(NC2/C=C/CCCCC2)nc2ccccc12.C=CC.CC. The average molecular weight is 506 g/mol. The van der Waals surface area contributed by atoms with Crippen molar-refractivity contribution in [1.82, 2.24) is 4.98 Å². The van der Waals surface area contributed by atoms with Crippen molar-refractivity contribution in [2.45, 2.75) is 113 Å². The van der Waals surface area contributed by atoms with Crippen molar-refractivity contribution in [3.05, 3.63) is 66.9 Å². The van der Waals surface area contributed by atoms with Crippen molar-refractivity contribution in [2.24, 2.45) is 5.41 Å². The van der Waals surface area contributed by atoms with Gasteiger partial charge in [0.2, 0.25) is 0 Å². The standard InChI is InChI=1S/C29H43N3.C3H6.C2H6/c1-7-8-16-22(2)32(21-29(4,5)6)27-23(3)28(31-26-20-15-14-19-25(26)27)30-24-17-12-10-9-11-13-18-24;1-3-2;1-2/h12,14-15,17,19-20,24H,2,7-11,13,16,18,21H2,1,3-6H3,(H,30,31);3H,1H2,2H3;1-2H3/b17-12+;;. The molecule has 0 saturated carbocycles. The summed E-state index contributed by atoms with van der Waals surface area (Å²) in [7, 11) is 0. The van der Waals surface area contributed by atoms with Gasteiger partial charge in [0.1, 0.15) is 5.82 Å². The monoisotopic (exact) mass is 505 g/mol. The van der Waals surface area contributed by atoms with Crippen LogP contribution >= 0.6 is 0 Å². The summed E-state index contributed by atoms with van der Waals surface area (Å²) < 4.78 is 0. The fourth-order valence-electron chi connectivity index (χ4n) is 4.57. The lowest BCUT2D eigenvalue weighted by Gasteiger charge is -2.36. The predicted molar refractivity (Wildman–Crippen MR) is 169 cm³/mol. The molecule has 0 bridgehead atoms. The average Bonchev–Trinajstić information content (AvgIpc) is 2.84. The number of anilines is 2. The number of nitrogens with zero attached hydrogens (tertiary/aromatic N) is 2. The Labute approximate surface area is 229 Å². The molecule has 3 rings (SSSR count). The molecule has 0 saturated heterocycles. The minimum absolute atomic E-state index is 0.155. The van der Waals surface area contributed by atoms with E-state index in [9.17, 15) is 0 Å². The largest absolute Gasteiger partial charge is 0.364 e. The van der Waals surface area contributed by atoms with Gasteiger partial charge in [0.15, 0.2) is 0 Å². The van der Waals surface area contributed by atoms with Crippen LogP contribution in [-0.2, 0) is 0 Å². The normalized spacial score (nSPS) is 16.2. The molecular formula is C34H55N3. The number of rotatable bonds is 8. The van der Waals surface area contributed by atoms with Crippen LogP contribution in [0.5, 0.6) is 0 Å². The Morgan fingerprint density at radius 2 is 1.84 bits per heavy atom. The maximum absolute atomic E-state index is 5.08. The summed E-state index contributed by atoms with van der Waals surface area (Å²) in [5, 5.41) is 5.01. The fourth-order valence-corrected chi connectivity index (χ4v) is 4.57. The van der Waals surface area contributed by atoms with Gasteiger partial charge in [0.25, 0.3) is 0 Å². The molecule has 37 heavy (non-hydrogen) atoms. The zero-order valence-corrected chi connectivity index (χ0v) is 25.3. The second kappa shape index (κ2) is 17.1. The van der Waals surface area contributed by atoms with Crippen molar-refractivity contribution in [1.29, 1.82) is 0 Å². The van der Waals surface area contributed by atoms with Gasteiger partial charge >= 0.3 is 0 Å². The number of hydrogen-bond acceptors (Lipinski definition) is 3. The first-order valence-electron chi connectivity index (χ1n) is 14.6. The minimum Gasteiger partial charge on any atom is -0.364 e. The van der Waals surface area contributed by atoms with Crippen LogP contribution in [0.1, 0.15) is 105 Å². The summed E-state index contributed by atoms with van der Waals surface area (Å²) in [6.07, 6.45) is 16.0. The van der Waals surface area contributed by atoms with E-state index in [-0.39, 0.29) is 5.41 Å². The lowest BCUT2D eigenvalue weighted by molar-refractivity contribution is 0.418. The third-order valence-electron chi connectivity index (χ3n) is 6.28. The maximum atomic E-state index is 5.08. The van der Waals surface area contributed by atoms with E-state index >= 15 is 0 Å². The predicted octanol–water partition coefficient (Wildman–Crippen LogP) is 10.6. The van der Waals surface area contributed by atoms with Crippen LogP contribution in [0.2, 0.25) is 0 Å². The van der Waals surface area contributed by atoms with E-state index in [1.807, 2.05) is 20.8 Å². The number of para-hydroxylation sites is 1. The number of unbranched alkanes of at least 4 members (excludes halogenated alkanes) is 1. The van der Waals surface area contributed by atoms with Crippen molar-refractivity contribution in [3.8, 4) is 0 Å². The molecule has 1 aromatic heterocycles. The number of nitrogens with one attached hydrogen (secondary N) is 1. The molecule has 1 heterocycles. The van der Waals surface area contributed by atoms with E-state index in [0.29, 0.717) is 6.04 Å². The third-order valence-corrected chi connectivity index (χ3v) is 6.28. The molecule has 1 unspecified atom stereocenters. The van der Waals surface area contributed by atoms with Crippen LogP contribution < -0.4 is 10.2 Å². The van der Waals surface area contributed by atoms with Crippen LogP contribution in [0.3, 0.4) is 0 Å². The van der Waals surface area contributed by atoms with E-state index in [1.54, 1.807) is 6.08 Å². The van der Waals surface area contributed by atoms with Crippen molar-refractivity contribution >= 4 is 22.4 Å². The Morgan fingerprint density at radius 3 is 2.49 bits per heavy atom. The summed E-state index contributed by atoms with van der Waals surface area (Å²) >= 11 is 0. The zero-order valence-electron chi connectivity index (χ0n) is 25.3. The quantitative estimate of drug-likeness (QED) is 0.362. The Kier molecular flexibility index (Phi) is 15.0. The fraction of sp³-hybridized carbons (Fsp3) is 0.559. The van der Waals surface area contributed by atoms with Crippen LogP contribution in [0.15, 0.2) is 61.3 Å². The Hall–Kier alpha value is -2.55. The highest BCUT2D eigenvalue weighted by Gasteiger charge is 2.24. The molecule has 1 atom stereocenters. The molecular weight excluding hydrogens is 450 g/mol. The molecule has 0 spiro atoms. The second-order valence-corrected chi connectivity index (χ2v) is 11.0. The highest BCUT2D eigenvalue weighted by Crippen LogP contribution is 2.38. The smallest absolute Gasteiger partial charge is 0.132 e. The van der Waals surface area contributed by atoms with Crippen molar-refractivity contribution in [3.63, 3.8) is 0 Å². The number of hydrogen-bond donors (Lipinski definition) is 1. The molecule has 1 aromatic carbocycles. The number of allylic oxidation sites excluding steroid dienone is 3. The van der Waals surface area contributed by atoms with Crippen LogP contribution in [0.4, 0.5) is 11.5 Å². The summed E-state index contributed by atoms with van der Waals surface area (Å²) in [4.78, 5) is 7.56. The summed E-state index contributed by atoms with van der Waals surface area (Å²) in [5.41, 5.74) is 4.90. The second-order valence-electron chi connectivity index (χ2n) is 11.0. The highest BCUT2D eigenvalue weighted by molar-refractivity contribution is 5.96. The molecule has 2 aromatic rings.